The van der Waals surface area contributed by atoms with Gasteiger partial charge in [-0.25, -0.2) is 0 Å². The summed E-state index contributed by atoms with van der Waals surface area (Å²) in [5.41, 5.74) is 3.53. The van der Waals surface area contributed by atoms with Gasteiger partial charge in [0.1, 0.15) is 5.75 Å². The monoisotopic (exact) mass is 526 g/mol. The van der Waals surface area contributed by atoms with Crippen molar-refractivity contribution in [1.29, 1.82) is 0 Å². The molecule has 0 aliphatic carbocycles. The molecule has 0 atom stereocenters. The number of aryl methyl sites for hydroxylation is 1. The Kier molecular flexibility index (Phi) is 8.33. The van der Waals surface area contributed by atoms with Crippen LogP contribution in [0.15, 0.2) is 71.9 Å². The van der Waals surface area contributed by atoms with Crippen molar-refractivity contribution in [2.45, 2.75) is 30.8 Å². The third-order valence-corrected chi connectivity index (χ3v) is 6.92. The van der Waals surface area contributed by atoms with Gasteiger partial charge in [0.05, 0.1) is 24.4 Å². The topological polar surface area (TPSA) is 69.0 Å². The van der Waals surface area contributed by atoms with E-state index in [0.29, 0.717) is 38.0 Å². The predicted molar refractivity (Wildman–Crippen MR) is 141 cm³/mol. The number of hydrogen-bond donors (Lipinski definition) is 1. The van der Waals surface area contributed by atoms with Crippen LogP contribution in [0.2, 0.25) is 10.0 Å². The first kappa shape index (κ1) is 25.1. The van der Waals surface area contributed by atoms with Crippen LogP contribution < -0.4 is 10.1 Å². The van der Waals surface area contributed by atoms with E-state index in [4.69, 9.17) is 27.9 Å². The number of carbonyl (C=O) groups is 1. The van der Waals surface area contributed by atoms with Crippen LogP contribution in [0.25, 0.3) is 5.69 Å². The summed E-state index contributed by atoms with van der Waals surface area (Å²) in [5, 5.41) is 13.3. The van der Waals surface area contributed by atoms with Gasteiger partial charge in [-0.05, 0) is 60.0 Å². The van der Waals surface area contributed by atoms with Crippen molar-refractivity contribution in [2.75, 3.05) is 7.11 Å². The Morgan fingerprint density at radius 1 is 1.03 bits per heavy atom. The van der Waals surface area contributed by atoms with Crippen LogP contribution in [0.4, 0.5) is 0 Å². The van der Waals surface area contributed by atoms with Gasteiger partial charge in [0, 0.05) is 16.3 Å². The highest BCUT2D eigenvalue weighted by Gasteiger charge is 2.18. The minimum absolute atomic E-state index is 0.181. The number of carbonyl (C=O) groups excluding carboxylic acids is 1. The van der Waals surface area contributed by atoms with Crippen molar-refractivity contribution in [3.8, 4) is 11.4 Å². The maximum absolute atomic E-state index is 12.7. The van der Waals surface area contributed by atoms with E-state index in [9.17, 15) is 4.79 Å². The molecule has 0 unspecified atom stereocenters. The summed E-state index contributed by atoms with van der Waals surface area (Å²) in [6.45, 7) is 2.26. The Bertz CT molecular complexity index is 1330. The Morgan fingerprint density at radius 2 is 1.83 bits per heavy atom. The van der Waals surface area contributed by atoms with Crippen LogP contribution in [0, 0.1) is 0 Å². The van der Waals surface area contributed by atoms with E-state index in [1.807, 2.05) is 59.2 Å². The lowest BCUT2D eigenvalue weighted by atomic mass is 10.1. The van der Waals surface area contributed by atoms with E-state index in [2.05, 4.69) is 22.4 Å². The fourth-order valence-corrected chi connectivity index (χ4v) is 4.88. The second-order valence-corrected chi connectivity index (χ2v) is 9.49. The molecule has 4 rings (SSSR count). The molecule has 35 heavy (non-hydrogen) atoms. The number of aromatic nitrogens is 3. The molecule has 1 amide bonds. The van der Waals surface area contributed by atoms with Gasteiger partial charge in [0.2, 0.25) is 0 Å². The van der Waals surface area contributed by atoms with E-state index < -0.39 is 0 Å². The van der Waals surface area contributed by atoms with E-state index in [1.165, 1.54) is 17.3 Å². The number of nitrogens with one attached hydrogen (secondary N) is 1. The molecule has 0 fully saturated rings. The Hall–Kier alpha value is -3.00. The molecular formula is C26H24Cl2N4O2S. The number of rotatable bonds is 9. The third-order valence-electron chi connectivity index (χ3n) is 5.38. The molecule has 0 saturated heterocycles. The molecule has 4 aromatic rings. The minimum atomic E-state index is -0.185. The number of methoxy groups -OCH3 is 1. The average molecular weight is 527 g/mol. The van der Waals surface area contributed by atoms with Gasteiger partial charge in [0.15, 0.2) is 11.0 Å². The number of ether oxygens (including phenoxy) is 1. The predicted octanol–water partition coefficient (Wildman–Crippen LogP) is 6.37. The number of amides is 1. The fraction of sp³-hybridized carbons (Fsp3) is 0.192. The summed E-state index contributed by atoms with van der Waals surface area (Å²) < 4.78 is 7.17. The second kappa shape index (κ2) is 11.6. The van der Waals surface area contributed by atoms with Crippen LogP contribution in [-0.2, 0) is 18.7 Å². The lowest BCUT2D eigenvalue weighted by Crippen LogP contribution is -2.24. The molecule has 0 saturated carbocycles. The van der Waals surface area contributed by atoms with Crippen molar-refractivity contribution >= 4 is 40.9 Å². The van der Waals surface area contributed by atoms with Crippen molar-refractivity contribution in [3.63, 3.8) is 0 Å². The van der Waals surface area contributed by atoms with Gasteiger partial charge in [0.25, 0.3) is 5.91 Å². The quantitative estimate of drug-likeness (QED) is 0.256. The highest BCUT2D eigenvalue weighted by Crippen LogP contribution is 2.31. The van der Waals surface area contributed by atoms with E-state index in [-0.39, 0.29) is 12.5 Å². The van der Waals surface area contributed by atoms with Gasteiger partial charge in [-0.15, -0.1) is 10.2 Å². The summed E-state index contributed by atoms with van der Waals surface area (Å²) in [5.74, 6) is 1.81. The van der Waals surface area contributed by atoms with Gasteiger partial charge in [-0.2, -0.15) is 0 Å². The third kappa shape index (κ3) is 6.17. The van der Waals surface area contributed by atoms with Gasteiger partial charge in [-0.3, -0.25) is 9.36 Å². The number of benzene rings is 3. The van der Waals surface area contributed by atoms with Crippen LogP contribution in [0.5, 0.6) is 5.75 Å². The maximum atomic E-state index is 12.7. The van der Waals surface area contributed by atoms with Gasteiger partial charge in [-0.1, -0.05) is 66.2 Å². The first-order valence-corrected chi connectivity index (χ1v) is 12.7. The molecule has 1 heterocycles. The van der Waals surface area contributed by atoms with Crippen LogP contribution in [-0.4, -0.2) is 27.8 Å². The molecule has 0 spiro atoms. The zero-order valence-corrected chi connectivity index (χ0v) is 21.6. The van der Waals surface area contributed by atoms with E-state index in [1.54, 1.807) is 19.2 Å². The number of hydrogen-bond acceptors (Lipinski definition) is 5. The molecule has 9 heteroatoms. The molecule has 0 bridgehead atoms. The normalized spacial score (nSPS) is 10.9. The molecule has 1 N–H and O–H groups in total. The first-order valence-electron chi connectivity index (χ1n) is 11.0. The molecule has 0 aliphatic rings. The van der Waals surface area contributed by atoms with Crippen molar-refractivity contribution in [1.82, 2.24) is 20.1 Å². The summed E-state index contributed by atoms with van der Waals surface area (Å²) in [6, 6.07) is 20.7. The molecule has 3 aromatic carbocycles. The molecule has 0 radical (unpaired) electrons. The van der Waals surface area contributed by atoms with Crippen LogP contribution in [0.1, 0.15) is 34.2 Å². The summed E-state index contributed by atoms with van der Waals surface area (Å²) in [4.78, 5) is 12.7. The lowest BCUT2D eigenvalue weighted by Gasteiger charge is -2.13. The number of nitrogens with zero attached hydrogens (tertiary/aromatic N) is 3. The van der Waals surface area contributed by atoms with Crippen molar-refractivity contribution in [2.24, 2.45) is 0 Å². The molecule has 180 valence electrons. The zero-order valence-electron chi connectivity index (χ0n) is 19.3. The van der Waals surface area contributed by atoms with E-state index >= 15 is 0 Å². The fourth-order valence-electron chi connectivity index (χ4n) is 3.48. The highest BCUT2D eigenvalue weighted by molar-refractivity contribution is 7.98. The number of halogens is 2. The van der Waals surface area contributed by atoms with E-state index in [0.717, 1.165) is 17.7 Å². The number of thioether (sulfide) groups is 1. The van der Waals surface area contributed by atoms with Crippen molar-refractivity contribution < 1.29 is 9.53 Å². The van der Waals surface area contributed by atoms with Crippen LogP contribution in [0.3, 0.4) is 0 Å². The summed E-state index contributed by atoms with van der Waals surface area (Å²) in [6.07, 6.45) is 0.920. The molecular weight excluding hydrogens is 503 g/mol. The van der Waals surface area contributed by atoms with Crippen LogP contribution >= 0.6 is 35.0 Å². The van der Waals surface area contributed by atoms with Crippen molar-refractivity contribution in [3.05, 3.63) is 99.3 Å². The average Bonchev–Trinajstić information content (AvgIpc) is 3.28. The Labute approximate surface area is 218 Å². The Morgan fingerprint density at radius 3 is 2.54 bits per heavy atom. The summed E-state index contributed by atoms with van der Waals surface area (Å²) in [7, 11) is 1.64. The molecule has 0 aliphatic heterocycles. The molecule has 6 nitrogen and oxygen atoms in total. The smallest absolute Gasteiger partial charge is 0.251 e. The zero-order chi connectivity index (χ0) is 24.8. The standard InChI is InChI=1S/C26H24Cl2N4O2S/c1-3-17-7-9-19(10-8-17)25(33)29-15-24-30-31-26(32(24)23-12-11-20(27)14-22(23)28)35-16-18-5-4-6-21(13-18)34-2/h4-14H,3,15-16H2,1-2H3,(H,29,33). The van der Waals surface area contributed by atoms with Gasteiger partial charge < -0.3 is 10.1 Å². The second-order valence-electron chi connectivity index (χ2n) is 7.70. The SMILES string of the molecule is CCc1ccc(C(=O)NCc2nnc(SCc3cccc(OC)c3)n2-c2ccc(Cl)cc2Cl)cc1. The maximum Gasteiger partial charge on any atom is 0.251 e. The minimum Gasteiger partial charge on any atom is -0.497 e. The van der Waals surface area contributed by atoms with Gasteiger partial charge >= 0.3 is 0 Å². The summed E-state index contributed by atoms with van der Waals surface area (Å²) >= 11 is 14.2. The molecule has 1 aromatic heterocycles. The highest BCUT2D eigenvalue weighted by atomic mass is 35.5. The Balaban J connectivity index is 1.58. The lowest BCUT2D eigenvalue weighted by molar-refractivity contribution is 0.0949. The first-order chi connectivity index (χ1) is 17.0. The largest absolute Gasteiger partial charge is 0.497 e.